The van der Waals surface area contributed by atoms with E-state index >= 15 is 0 Å². The number of aromatic nitrogens is 2. The van der Waals surface area contributed by atoms with Gasteiger partial charge in [0.25, 0.3) is 5.91 Å². The summed E-state index contributed by atoms with van der Waals surface area (Å²) < 4.78 is 1.78. The van der Waals surface area contributed by atoms with Gasteiger partial charge in [-0.1, -0.05) is 51.5 Å². The van der Waals surface area contributed by atoms with Gasteiger partial charge < -0.3 is 10.2 Å². The van der Waals surface area contributed by atoms with E-state index in [4.69, 9.17) is 0 Å². The van der Waals surface area contributed by atoms with E-state index in [0.29, 0.717) is 19.6 Å². The molecule has 0 atom stereocenters. The molecule has 8 heteroatoms. The van der Waals surface area contributed by atoms with Crippen LogP contribution in [-0.4, -0.2) is 58.3 Å². The van der Waals surface area contributed by atoms with Crippen molar-refractivity contribution in [3.63, 3.8) is 0 Å². The molecule has 2 amide bonds. The Morgan fingerprint density at radius 1 is 1.08 bits per heavy atom. The number of likely N-dealkylation sites (N-methyl/N-ethyl adjacent to an activating group) is 1. The number of carbonyl (C=O) groups excluding carboxylic acids is 2. The molecular formula is C28H40N6O2. The van der Waals surface area contributed by atoms with Crippen LogP contribution in [0.2, 0.25) is 0 Å². The number of fused-ring (bicyclic) bond motifs is 2. The second-order valence-corrected chi connectivity index (χ2v) is 9.42. The highest BCUT2D eigenvalue weighted by Gasteiger charge is 2.27. The average Bonchev–Trinajstić information content (AvgIpc) is 3.42. The van der Waals surface area contributed by atoms with Crippen molar-refractivity contribution in [2.45, 2.75) is 53.6 Å². The van der Waals surface area contributed by atoms with Crippen molar-refractivity contribution in [2.24, 2.45) is 7.05 Å². The molecule has 0 spiro atoms. The highest BCUT2D eigenvalue weighted by atomic mass is 16.2. The molecule has 1 aliphatic rings. The smallest absolute Gasteiger partial charge is 0.256 e. The number of unbranched alkanes of at least 4 members (excludes halogenated alkanes) is 2. The molecule has 0 aliphatic carbocycles. The second-order valence-electron chi connectivity index (χ2n) is 9.42. The normalized spacial score (nSPS) is 12.8. The van der Waals surface area contributed by atoms with Crippen LogP contribution in [0.4, 0.5) is 5.69 Å². The predicted octanol–water partition coefficient (Wildman–Crippen LogP) is 4.02. The summed E-state index contributed by atoms with van der Waals surface area (Å²) in [5, 5.41) is 12.2. The molecule has 0 radical (unpaired) electrons. The summed E-state index contributed by atoms with van der Waals surface area (Å²) in [6.07, 6.45) is 5.10. The number of hydrogen-bond donors (Lipinski definition) is 1. The van der Waals surface area contributed by atoms with Crippen LogP contribution in [0, 0.1) is 6.92 Å². The van der Waals surface area contributed by atoms with Gasteiger partial charge in [0, 0.05) is 51.0 Å². The number of rotatable bonds is 10. The van der Waals surface area contributed by atoms with Crippen molar-refractivity contribution in [1.29, 1.82) is 0 Å². The quantitative estimate of drug-likeness (QED) is 0.433. The SMILES string of the molecule is C.CCCCCNC(=O)CN(CC(=O)N(C)N1Cc2ccccc2C1)c1cc2cn(C)nc2cc1C. The van der Waals surface area contributed by atoms with E-state index in [2.05, 4.69) is 29.5 Å². The number of aryl methyl sites for hydroxylation is 2. The van der Waals surface area contributed by atoms with Gasteiger partial charge in [-0.2, -0.15) is 5.10 Å². The van der Waals surface area contributed by atoms with E-state index in [9.17, 15) is 9.59 Å². The maximum absolute atomic E-state index is 13.4. The second kappa shape index (κ2) is 12.0. The summed E-state index contributed by atoms with van der Waals surface area (Å²) in [6.45, 7) is 6.44. The fourth-order valence-electron chi connectivity index (χ4n) is 4.64. The van der Waals surface area contributed by atoms with Crippen molar-refractivity contribution in [2.75, 3.05) is 31.6 Å². The summed E-state index contributed by atoms with van der Waals surface area (Å²) in [7, 11) is 3.71. The third-order valence-electron chi connectivity index (χ3n) is 6.65. The third kappa shape index (κ3) is 6.23. The summed E-state index contributed by atoms with van der Waals surface area (Å²) in [5.41, 5.74) is 5.25. The number of nitrogens with zero attached hydrogens (tertiary/aromatic N) is 5. The van der Waals surface area contributed by atoms with Gasteiger partial charge in [-0.25, -0.2) is 5.01 Å². The van der Waals surface area contributed by atoms with Gasteiger partial charge in [-0.05, 0) is 42.2 Å². The van der Waals surface area contributed by atoms with Crippen LogP contribution in [0.1, 0.15) is 50.3 Å². The fraction of sp³-hybridized carbons (Fsp3) is 0.464. The molecular weight excluding hydrogens is 452 g/mol. The number of hydrazine groups is 1. The van der Waals surface area contributed by atoms with Crippen LogP contribution in [-0.2, 0) is 29.7 Å². The average molecular weight is 493 g/mol. The molecule has 2 aromatic carbocycles. The van der Waals surface area contributed by atoms with Crippen molar-refractivity contribution in [3.05, 3.63) is 59.3 Å². The minimum atomic E-state index is -0.0733. The Morgan fingerprint density at radius 3 is 2.44 bits per heavy atom. The van der Waals surface area contributed by atoms with E-state index in [1.54, 1.807) is 9.69 Å². The van der Waals surface area contributed by atoms with Crippen LogP contribution in [0.25, 0.3) is 10.9 Å². The zero-order valence-electron chi connectivity index (χ0n) is 21.3. The minimum Gasteiger partial charge on any atom is -0.355 e. The zero-order valence-corrected chi connectivity index (χ0v) is 21.3. The summed E-state index contributed by atoms with van der Waals surface area (Å²) in [6, 6.07) is 12.3. The largest absolute Gasteiger partial charge is 0.355 e. The molecule has 194 valence electrons. The van der Waals surface area contributed by atoms with Crippen molar-refractivity contribution >= 4 is 28.4 Å². The van der Waals surface area contributed by atoms with Crippen LogP contribution in [0.5, 0.6) is 0 Å². The Labute approximate surface area is 214 Å². The van der Waals surface area contributed by atoms with Crippen molar-refractivity contribution < 1.29 is 9.59 Å². The monoisotopic (exact) mass is 492 g/mol. The Bertz CT molecular complexity index is 1180. The maximum atomic E-state index is 13.4. The topological polar surface area (TPSA) is 73.7 Å². The van der Waals surface area contributed by atoms with Crippen LogP contribution >= 0.6 is 0 Å². The first-order chi connectivity index (χ1) is 16.9. The first-order valence-electron chi connectivity index (χ1n) is 12.4. The number of nitrogens with one attached hydrogen (secondary N) is 1. The lowest BCUT2D eigenvalue weighted by Gasteiger charge is -2.32. The van der Waals surface area contributed by atoms with Gasteiger partial charge in [0.1, 0.15) is 0 Å². The van der Waals surface area contributed by atoms with Gasteiger partial charge in [0.05, 0.1) is 18.6 Å². The van der Waals surface area contributed by atoms with Crippen molar-refractivity contribution in [3.8, 4) is 0 Å². The standard InChI is InChI=1S/C27H36N6O2.CH4/c1-5-6-9-12-28-26(34)18-32(25-14-23-15-30(3)29-24(23)13-20(25)2)19-27(35)31(4)33-16-21-10-7-8-11-22(21)17-33;/h7-8,10-11,13-15H,5-6,9,12,16-19H2,1-4H3,(H,28,34);1H4. The molecule has 0 saturated heterocycles. The van der Waals surface area contributed by atoms with E-state index in [1.165, 1.54) is 11.1 Å². The highest BCUT2D eigenvalue weighted by Crippen LogP contribution is 2.27. The molecule has 0 unspecified atom stereocenters. The Morgan fingerprint density at radius 2 is 1.78 bits per heavy atom. The van der Waals surface area contributed by atoms with Crippen LogP contribution in [0.15, 0.2) is 42.6 Å². The van der Waals surface area contributed by atoms with Gasteiger partial charge in [-0.3, -0.25) is 19.3 Å². The van der Waals surface area contributed by atoms with Crippen LogP contribution in [0.3, 0.4) is 0 Å². The van der Waals surface area contributed by atoms with Crippen molar-refractivity contribution in [1.82, 2.24) is 25.1 Å². The summed E-state index contributed by atoms with van der Waals surface area (Å²) >= 11 is 0. The van der Waals surface area contributed by atoms with E-state index in [1.807, 2.05) is 61.4 Å². The first kappa shape index (κ1) is 27.2. The molecule has 1 N–H and O–H groups in total. The number of benzene rings is 2. The molecule has 0 bridgehead atoms. The summed E-state index contributed by atoms with van der Waals surface area (Å²) in [5.74, 6) is -0.127. The maximum Gasteiger partial charge on any atom is 0.256 e. The Hall–Kier alpha value is -3.39. The van der Waals surface area contributed by atoms with Gasteiger partial charge in [0.15, 0.2) is 0 Å². The molecule has 0 saturated carbocycles. The lowest BCUT2D eigenvalue weighted by molar-refractivity contribution is -0.145. The molecule has 4 rings (SSSR count). The van der Waals surface area contributed by atoms with E-state index in [0.717, 1.165) is 41.4 Å². The first-order valence-corrected chi connectivity index (χ1v) is 12.4. The molecule has 1 aromatic heterocycles. The molecule has 0 fully saturated rings. The molecule has 1 aliphatic heterocycles. The van der Waals surface area contributed by atoms with Gasteiger partial charge in [0.2, 0.25) is 5.91 Å². The summed E-state index contributed by atoms with van der Waals surface area (Å²) in [4.78, 5) is 28.1. The third-order valence-corrected chi connectivity index (χ3v) is 6.65. The highest BCUT2D eigenvalue weighted by molar-refractivity contribution is 5.90. The van der Waals surface area contributed by atoms with Gasteiger partial charge in [-0.15, -0.1) is 0 Å². The van der Waals surface area contributed by atoms with Gasteiger partial charge >= 0.3 is 0 Å². The van der Waals surface area contributed by atoms with E-state index in [-0.39, 0.29) is 32.3 Å². The molecule has 3 aromatic rings. The van der Waals surface area contributed by atoms with E-state index < -0.39 is 0 Å². The Kier molecular flexibility index (Phi) is 9.09. The number of carbonyl (C=O) groups is 2. The van der Waals surface area contributed by atoms with Crippen LogP contribution < -0.4 is 10.2 Å². The molecule has 8 nitrogen and oxygen atoms in total. The minimum absolute atomic E-state index is 0. The predicted molar refractivity (Wildman–Crippen MR) is 145 cm³/mol. The molecule has 36 heavy (non-hydrogen) atoms. The Balaban J connectivity index is 0.00000361. The zero-order chi connectivity index (χ0) is 24.9. The number of amides is 2. The molecule has 2 heterocycles. The number of anilines is 1. The fourth-order valence-corrected chi connectivity index (χ4v) is 4.64. The number of hydrogen-bond acceptors (Lipinski definition) is 5. The lowest BCUT2D eigenvalue weighted by atomic mass is 10.1. The lowest BCUT2D eigenvalue weighted by Crippen LogP contribution is -2.48.